The van der Waals surface area contributed by atoms with E-state index in [1.54, 1.807) is 0 Å². The number of hydrogen-bond donors (Lipinski definition) is 0. The van der Waals surface area contributed by atoms with Gasteiger partial charge in [0.05, 0.1) is 0 Å². The van der Waals surface area contributed by atoms with E-state index in [2.05, 4.69) is 38.2 Å². The third-order valence-corrected chi connectivity index (χ3v) is 9.46. The molecular weight excluding hydrogens is 592 g/mol. The summed E-state index contributed by atoms with van der Waals surface area (Å²) in [4.78, 5) is 25.4. The van der Waals surface area contributed by atoms with E-state index >= 15 is 0 Å². The van der Waals surface area contributed by atoms with E-state index in [-0.39, 0.29) is 17.9 Å². The van der Waals surface area contributed by atoms with E-state index in [0.29, 0.717) is 12.8 Å². The van der Waals surface area contributed by atoms with Crippen molar-refractivity contribution in [3.8, 4) is 0 Å². The first-order valence-corrected chi connectivity index (χ1v) is 21.0. The predicted molar refractivity (Wildman–Crippen MR) is 208 cm³/mol. The van der Waals surface area contributed by atoms with Gasteiger partial charge in [0.25, 0.3) is 0 Å². The molecule has 0 heterocycles. The fourth-order valence-corrected chi connectivity index (χ4v) is 6.54. The van der Waals surface area contributed by atoms with Crippen molar-refractivity contribution >= 4 is 11.9 Å². The molecule has 0 saturated carbocycles. The lowest BCUT2D eigenvalue weighted by atomic mass is 9.91. The molecule has 0 aromatic heterocycles. The molecule has 0 aliphatic rings. The number of allylic oxidation sites excluding steroid dienone is 4. The molecule has 4 nitrogen and oxygen atoms in total. The Bertz CT molecular complexity index is 781. The molecule has 4 heteroatoms. The molecular formula is C44H82O4. The van der Waals surface area contributed by atoms with Gasteiger partial charge >= 0.3 is 11.9 Å². The van der Waals surface area contributed by atoms with Gasteiger partial charge in [0.1, 0.15) is 11.7 Å². The maximum Gasteiger partial charge on any atom is 0.306 e. The second-order valence-electron chi connectivity index (χ2n) is 15.3. The quantitative estimate of drug-likeness (QED) is 0.0381. The highest BCUT2D eigenvalue weighted by atomic mass is 16.6. The van der Waals surface area contributed by atoms with Crippen LogP contribution in [0.25, 0.3) is 0 Å². The molecule has 0 aliphatic carbocycles. The Morgan fingerprint density at radius 3 is 1.15 bits per heavy atom. The number of rotatable bonds is 35. The van der Waals surface area contributed by atoms with Crippen LogP contribution >= 0.6 is 0 Å². The second-order valence-corrected chi connectivity index (χ2v) is 15.3. The molecule has 0 radical (unpaired) electrons. The summed E-state index contributed by atoms with van der Waals surface area (Å²) < 4.78 is 11.8. The lowest BCUT2D eigenvalue weighted by Crippen LogP contribution is -2.46. The zero-order valence-corrected chi connectivity index (χ0v) is 33.1. The first-order chi connectivity index (χ1) is 23.2. The summed E-state index contributed by atoms with van der Waals surface area (Å²) in [5.74, 6) is -0.297. The first kappa shape index (κ1) is 46.4. The predicted octanol–water partition coefficient (Wildman–Crippen LogP) is 14.3. The largest absolute Gasteiger partial charge is 0.458 e. The molecule has 0 aliphatic heterocycles. The van der Waals surface area contributed by atoms with Gasteiger partial charge in [-0.1, -0.05) is 161 Å². The summed E-state index contributed by atoms with van der Waals surface area (Å²) in [6.07, 6.45) is 43.4. The van der Waals surface area contributed by atoms with Crippen molar-refractivity contribution in [3.63, 3.8) is 0 Å². The van der Waals surface area contributed by atoms with Crippen LogP contribution in [0, 0.1) is 5.92 Å². The molecule has 0 N–H and O–H groups in total. The molecule has 0 rings (SSSR count). The van der Waals surface area contributed by atoms with Gasteiger partial charge < -0.3 is 9.47 Å². The van der Waals surface area contributed by atoms with E-state index < -0.39 is 11.7 Å². The first-order valence-electron chi connectivity index (χ1n) is 21.0. The molecule has 0 spiro atoms. The standard InChI is InChI=1S/C44H82O4/c1-7-9-11-13-15-17-19-21-23-25-27-29-31-33-35-37-39-42(46)48-44(5,6)43(40(3)4)47-41(45)38-36-34-32-30-28-26-24-22-20-18-16-14-12-10-8-2/h21-24,40,43H,7-20,25-39H2,1-6H3/b23-21+,24-22-. The van der Waals surface area contributed by atoms with Gasteiger partial charge in [-0.25, -0.2) is 0 Å². The number of carbonyl (C=O) groups excluding carboxylic acids is 2. The van der Waals surface area contributed by atoms with Crippen molar-refractivity contribution in [2.45, 2.75) is 239 Å². The normalized spacial score (nSPS) is 12.8. The van der Waals surface area contributed by atoms with Gasteiger partial charge in [-0.2, -0.15) is 0 Å². The van der Waals surface area contributed by atoms with Gasteiger partial charge in [0.15, 0.2) is 0 Å². The van der Waals surface area contributed by atoms with Crippen molar-refractivity contribution in [1.82, 2.24) is 0 Å². The minimum Gasteiger partial charge on any atom is -0.458 e. The monoisotopic (exact) mass is 675 g/mol. The average molecular weight is 675 g/mol. The molecule has 0 aromatic carbocycles. The second kappa shape index (κ2) is 33.9. The van der Waals surface area contributed by atoms with Crippen LogP contribution in [-0.2, 0) is 19.1 Å². The van der Waals surface area contributed by atoms with E-state index in [1.807, 2.05) is 27.7 Å². The number of hydrogen-bond acceptors (Lipinski definition) is 4. The molecule has 1 atom stereocenters. The zero-order valence-electron chi connectivity index (χ0n) is 33.1. The highest BCUT2D eigenvalue weighted by molar-refractivity contribution is 5.71. The third kappa shape index (κ3) is 30.5. The van der Waals surface area contributed by atoms with Gasteiger partial charge in [-0.15, -0.1) is 0 Å². The Morgan fingerprint density at radius 2 is 0.792 bits per heavy atom. The van der Waals surface area contributed by atoms with Crippen LogP contribution < -0.4 is 0 Å². The molecule has 1 unspecified atom stereocenters. The van der Waals surface area contributed by atoms with Crippen molar-refractivity contribution in [1.29, 1.82) is 0 Å². The number of carbonyl (C=O) groups is 2. The minimum atomic E-state index is -0.841. The Hall–Kier alpha value is -1.58. The topological polar surface area (TPSA) is 52.6 Å². The molecule has 0 bridgehead atoms. The summed E-state index contributed by atoms with van der Waals surface area (Å²) in [6.45, 7) is 12.4. The number of ether oxygens (including phenoxy) is 2. The van der Waals surface area contributed by atoms with Gasteiger partial charge in [-0.3, -0.25) is 9.59 Å². The van der Waals surface area contributed by atoms with Crippen LogP contribution in [0.3, 0.4) is 0 Å². The van der Waals surface area contributed by atoms with Gasteiger partial charge in [-0.05, 0) is 84.0 Å². The lowest BCUT2D eigenvalue weighted by molar-refractivity contribution is -0.186. The maximum absolute atomic E-state index is 12.7. The van der Waals surface area contributed by atoms with Gasteiger partial charge in [0, 0.05) is 12.8 Å². The minimum absolute atomic E-state index is 0.0660. The van der Waals surface area contributed by atoms with E-state index in [9.17, 15) is 9.59 Å². The van der Waals surface area contributed by atoms with Crippen LogP contribution in [0.15, 0.2) is 24.3 Å². The molecule has 0 fully saturated rings. The van der Waals surface area contributed by atoms with Crippen molar-refractivity contribution < 1.29 is 19.1 Å². The molecule has 282 valence electrons. The Kier molecular flexibility index (Phi) is 32.8. The van der Waals surface area contributed by atoms with Crippen molar-refractivity contribution in [2.75, 3.05) is 0 Å². The van der Waals surface area contributed by atoms with Gasteiger partial charge in [0.2, 0.25) is 0 Å². The Morgan fingerprint density at radius 1 is 0.479 bits per heavy atom. The molecule has 0 aromatic rings. The van der Waals surface area contributed by atoms with E-state index in [4.69, 9.17) is 9.47 Å². The van der Waals surface area contributed by atoms with Crippen LogP contribution in [-0.4, -0.2) is 23.6 Å². The fourth-order valence-electron chi connectivity index (χ4n) is 6.54. The SMILES string of the molecule is CCCCCCCC/C=C\CCCCCCCC(=O)OC(C(C)C)C(C)(C)OC(=O)CCCCCCCC/C=C/CCCCCCCC. The molecule has 0 amide bonds. The summed E-state index contributed by atoms with van der Waals surface area (Å²) in [5, 5.41) is 0. The van der Waals surface area contributed by atoms with Crippen LogP contribution in [0.4, 0.5) is 0 Å². The Balaban J connectivity index is 3.94. The van der Waals surface area contributed by atoms with Crippen LogP contribution in [0.5, 0.6) is 0 Å². The summed E-state index contributed by atoms with van der Waals surface area (Å²) in [7, 11) is 0. The zero-order chi connectivity index (χ0) is 35.6. The maximum atomic E-state index is 12.7. The number of esters is 2. The highest BCUT2D eigenvalue weighted by Crippen LogP contribution is 2.26. The Labute approximate surface area is 300 Å². The third-order valence-electron chi connectivity index (χ3n) is 9.46. The smallest absolute Gasteiger partial charge is 0.306 e. The fraction of sp³-hybridized carbons (Fsp3) is 0.864. The molecule has 0 saturated heterocycles. The van der Waals surface area contributed by atoms with Crippen LogP contribution in [0.1, 0.15) is 228 Å². The summed E-state index contributed by atoms with van der Waals surface area (Å²) >= 11 is 0. The average Bonchev–Trinajstić information content (AvgIpc) is 3.04. The van der Waals surface area contributed by atoms with Crippen molar-refractivity contribution in [3.05, 3.63) is 24.3 Å². The van der Waals surface area contributed by atoms with Crippen LogP contribution in [0.2, 0.25) is 0 Å². The summed E-state index contributed by atoms with van der Waals surface area (Å²) in [6, 6.07) is 0. The van der Waals surface area contributed by atoms with Crippen molar-refractivity contribution in [2.24, 2.45) is 5.92 Å². The van der Waals surface area contributed by atoms with E-state index in [0.717, 1.165) is 32.1 Å². The highest BCUT2D eigenvalue weighted by Gasteiger charge is 2.38. The summed E-state index contributed by atoms with van der Waals surface area (Å²) in [5.41, 5.74) is -0.841. The number of unbranched alkanes of at least 4 members (excludes halogenated alkanes) is 23. The van der Waals surface area contributed by atoms with E-state index in [1.165, 1.54) is 141 Å². The lowest BCUT2D eigenvalue weighted by Gasteiger charge is -2.36. The molecule has 48 heavy (non-hydrogen) atoms.